The van der Waals surface area contributed by atoms with E-state index in [-0.39, 0.29) is 9.76 Å². The molecule has 0 amide bonds. The van der Waals surface area contributed by atoms with Crippen molar-refractivity contribution in [1.82, 2.24) is 0 Å². The average molecular weight is 221 g/mol. The van der Waals surface area contributed by atoms with E-state index in [1.54, 1.807) is 7.11 Å². The van der Waals surface area contributed by atoms with Gasteiger partial charge in [-0.2, -0.15) is 0 Å². The predicted molar refractivity (Wildman–Crippen MR) is 68.5 cm³/mol. The Hall–Kier alpha value is -0.933. The molecule has 0 aromatic heterocycles. The van der Waals surface area contributed by atoms with Crippen LogP contribution in [0.5, 0.6) is 0 Å². The summed E-state index contributed by atoms with van der Waals surface area (Å²) in [5.74, 6) is 0. The molecule has 0 radical (unpaired) electrons. The minimum atomic E-state index is -0.255. The minimum absolute atomic E-state index is 0.255. The highest BCUT2D eigenvalue weighted by Gasteiger charge is 1.94. The lowest BCUT2D eigenvalue weighted by molar-refractivity contribution is 0.440. The molecule has 3 heteroatoms. The van der Waals surface area contributed by atoms with Crippen LogP contribution >= 0.6 is 0 Å². The van der Waals surface area contributed by atoms with E-state index in [1.807, 2.05) is 18.2 Å². The van der Waals surface area contributed by atoms with Crippen molar-refractivity contribution in [2.45, 2.75) is 19.4 Å². The van der Waals surface area contributed by atoms with Gasteiger partial charge in [0, 0.05) is 19.4 Å². The van der Waals surface area contributed by atoms with Gasteiger partial charge in [-0.15, -0.1) is 0 Å². The zero-order chi connectivity index (χ0) is 10.9. The Morgan fingerprint density at radius 2 is 2.07 bits per heavy atom. The van der Waals surface area contributed by atoms with E-state index < -0.39 is 0 Å². The summed E-state index contributed by atoms with van der Waals surface area (Å²) in [5, 5.41) is 0. The van der Waals surface area contributed by atoms with Gasteiger partial charge in [-0.1, -0.05) is 30.3 Å². The number of rotatable bonds is 6. The Bertz CT molecular complexity index is 298. The van der Waals surface area contributed by atoms with Crippen molar-refractivity contribution in [1.29, 1.82) is 0 Å². The van der Waals surface area contributed by atoms with Crippen LogP contribution in [0, 0.1) is 0 Å². The molecule has 2 nitrogen and oxygen atoms in total. The number of hydrogen-bond acceptors (Lipinski definition) is 2. The zero-order valence-electron chi connectivity index (χ0n) is 9.57. The molecule has 0 fully saturated rings. The van der Waals surface area contributed by atoms with E-state index in [1.165, 1.54) is 11.6 Å². The normalized spacial score (nSPS) is 12.5. The van der Waals surface area contributed by atoms with Crippen molar-refractivity contribution < 1.29 is 4.43 Å². The summed E-state index contributed by atoms with van der Waals surface area (Å²) in [6.07, 6.45) is 1.16. The van der Waals surface area contributed by atoms with Crippen LogP contribution in [0.25, 0.3) is 0 Å². The Labute approximate surface area is 94.3 Å². The Kier molecular flexibility index (Phi) is 5.96. The lowest BCUT2D eigenvalue weighted by Crippen LogP contribution is -1.98. The van der Waals surface area contributed by atoms with Crippen LogP contribution < -0.4 is 0 Å². The van der Waals surface area contributed by atoms with Crippen LogP contribution in [-0.2, 0) is 4.43 Å². The highest BCUT2D eigenvalue weighted by Crippen LogP contribution is 2.01. The van der Waals surface area contributed by atoms with Gasteiger partial charge >= 0.3 is 0 Å². The van der Waals surface area contributed by atoms with Crippen molar-refractivity contribution in [3.63, 3.8) is 0 Å². The molecule has 0 spiro atoms. The van der Waals surface area contributed by atoms with Gasteiger partial charge in [0.25, 0.3) is 0 Å². The van der Waals surface area contributed by atoms with Crippen LogP contribution in [0.15, 0.2) is 35.3 Å². The monoisotopic (exact) mass is 221 g/mol. The first-order valence-electron chi connectivity index (χ1n) is 5.40. The van der Waals surface area contributed by atoms with Crippen molar-refractivity contribution in [2.24, 2.45) is 4.99 Å². The third-order valence-corrected chi connectivity index (χ3v) is 3.49. The molecule has 0 heterocycles. The van der Waals surface area contributed by atoms with Crippen molar-refractivity contribution in [3.8, 4) is 0 Å². The van der Waals surface area contributed by atoms with Crippen LogP contribution in [0.1, 0.15) is 18.9 Å². The number of hydrogen-bond donors (Lipinski definition) is 0. The second kappa shape index (κ2) is 7.37. The molecule has 0 aliphatic carbocycles. The molecular weight excluding hydrogens is 202 g/mol. The first kappa shape index (κ1) is 12.1. The van der Waals surface area contributed by atoms with Crippen molar-refractivity contribution in [3.05, 3.63) is 35.9 Å². The third kappa shape index (κ3) is 4.90. The van der Waals surface area contributed by atoms with E-state index in [4.69, 9.17) is 4.43 Å². The molecule has 0 unspecified atom stereocenters. The van der Waals surface area contributed by atoms with E-state index in [0.29, 0.717) is 0 Å². The maximum Gasteiger partial charge on any atom is 0.161 e. The van der Waals surface area contributed by atoms with Gasteiger partial charge < -0.3 is 4.43 Å². The van der Waals surface area contributed by atoms with Gasteiger partial charge in [0.2, 0.25) is 0 Å². The zero-order valence-corrected chi connectivity index (χ0v) is 11.0. The maximum atomic E-state index is 5.12. The van der Waals surface area contributed by atoms with Crippen molar-refractivity contribution in [2.75, 3.05) is 13.7 Å². The summed E-state index contributed by atoms with van der Waals surface area (Å²) in [5.41, 5.74) is 2.36. The Morgan fingerprint density at radius 3 is 2.73 bits per heavy atom. The largest absolute Gasteiger partial charge is 0.427 e. The fraction of sp³-hybridized carbons (Fsp3) is 0.417. The molecular formula is C12H19NOSi. The quantitative estimate of drug-likeness (QED) is 0.409. The summed E-state index contributed by atoms with van der Waals surface area (Å²) in [7, 11) is 1.54. The third-order valence-electron chi connectivity index (χ3n) is 2.30. The smallest absolute Gasteiger partial charge is 0.161 e. The Balaban J connectivity index is 2.33. The van der Waals surface area contributed by atoms with Crippen LogP contribution in [0.2, 0.25) is 6.04 Å². The first-order valence-corrected chi connectivity index (χ1v) is 6.97. The summed E-state index contributed by atoms with van der Waals surface area (Å²) in [6.45, 7) is 3.00. The molecule has 15 heavy (non-hydrogen) atoms. The SMILES string of the molecule is CO[SiH2]CCCN=C(C)c1ccccc1. The second-order valence-electron chi connectivity index (χ2n) is 3.53. The molecule has 0 aliphatic heterocycles. The number of aliphatic imine (C=N–C) groups is 1. The molecule has 1 rings (SSSR count). The molecule has 0 saturated carbocycles. The van der Waals surface area contributed by atoms with Crippen LogP contribution in [0.4, 0.5) is 0 Å². The lowest BCUT2D eigenvalue weighted by Gasteiger charge is -2.00. The standard InChI is InChI=1S/C12H19NOSi/c1-11(12-7-4-3-5-8-12)13-9-6-10-15-14-2/h3-5,7-8H,6,9-10,15H2,1-2H3. The van der Waals surface area contributed by atoms with Gasteiger partial charge in [0.1, 0.15) is 0 Å². The fourth-order valence-electron chi connectivity index (χ4n) is 1.38. The summed E-state index contributed by atoms with van der Waals surface area (Å²) in [4.78, 5) is 4.55. The van der Waals surface area contributed by atoms with Gasteiger partial charge in [-0.05, 0) is 25.0 Å². The highest BCUT2D eigenvalue weighted by atomic mass is 28.2. The number of benzene rings is 1. The van der Waals surface area contributed by atoms with E-state index >= 15 is 0 Å². The van der Waals surface area contributed by atoms with Gasteiger partial charge in [-0.3, -0.25) is 4.99 Å². The number of nitrogens with zero attached hydrogens (tertiary/aromatic N) is 1. The molecule has 0 bridgehead atoms. The summed E-state index contributed by atoms with van der Waals surface area (Å²) < 4.78 is 5.12. The second-order valence-corrected chi connectivity index (χ2v) is 5.23. The molecule has 0 N–H and O–H groups in total. The van der Waals surface area contributed by atoms with Gasteiger partial charge in [0.15, 0.2) is 9.76 Å². The van der Waals surface area contributed by atoms with Gasteiger partial charge in [-0.25, -0.2) is 0 Å². The van der Waals surface area contributed by atoms with Crippen LogP contribution in [-0.4, -0.2) is 29.1 Å². The molecule has 82 valence electrons. The average Bonchev–Trinajstić information content (AvgIpc) is 2.30. The predicted octanol–water partition coefficient (Wildman–Crippen LogP) is 2.03. The molecule has 0 atom stereocenters. The lowest BCUT2D eigenvalue weighted by atomic mass is 10.1. The summed E-state index contributed by atoms with van der Waals surface area (Å²) >= 11 is 0. The Morgan fingerprint density at radius 1 is 1.33 bits per heavy atom. The summed E-state index contributed by atoms with van der Waals surface area (Å²) in [6, 6.07) is 11.5. The van der Waals surface area contributed by atoms with Gasteiger partial charge in [0.05, 0.1) is 0 Å². The fourth-order valence-corrected chi connectivity index (χ4v) is 2.09. The highest BCUT2D eigenvalue weighted by molar-refractivity contribution is 6.26. The minimum Gasteiger partial charge on any atom is -0.427 e. The van der Waals surface area contributed by atoms with Crippen LogP contribution in [0.3, 0.4) is 0 Å². The van der Waals surface area contributed by atoms with E-state index in [2.05, 4.69) is 24.0 Å². The topological polar surface area (TPSA) is 21.6 Å². The van der Waals surface area contributed by atoms with E-state index in [9.17, 15) is 0 Å². The molecule has 1 aromatic rings. The molecule has 0 aliphatic rings. The maximum absolute atomic E-state index is 5.12. The van der Waals surface area contributed by atoms with Crippen molar-refractivity contribution >= 4 is 15.5 Å². The van der Waals surface area contributed by atoms with E-state index in [0.717, 1.165) is 18.7 Å². The molecule has 1 aromatic carbocycles. The molecule has 0 saturated heterocycles. The first-order chi connectivity index (χ1) is 7.34.